The topological polar surface area (TPSA) is 72.9 Å². The Hall–Kier alpha value is -3.42. The first-order chi connectivity index (χ1) is 18.3. The van der Waals surface area contributed by atoms with Crippen LogP contribution in [0, 0.1) is 12.8 Å². The van der Waals surface area contributed by atoms with Crippen LogP contribution in [0.4, 0.5) is 5.69 Å². The minimum absolute atomic E-state index is 0.0719. The second kappa shape index (κ2) is 10.8. The number of ketones is 1. The molecule has 0 saturated carbocycles. The second-order valence-electron chi connectivity index (χ2n) is 9.48. The van der Waals surface area contributed by atoms with Gasteiger partial charge in [-0.25, -0.2) is 0 Å². The summed E-state index contributed by atoms with van der Waals surface area (Å²) in [4.78, 5) is 44.0. The largest absolute Gasteiger partial charge is 0.497 e. The van der Waals surface area contributed by atoms with E-state index in [1.54, 1.807) is 25.0 Å². The number of esters is 1. The van der Waals surface area contributed by atoms with E-state index >= 15 is 0 Å². The van der Waals surface area contributed by atoms with E-state index in [4.69, 9.17) is 21.1 Å². The molecule has 0 radical (unpaired) electrons. The summed E-state index contributed by atoms with van der Waals surface area (Å²) in [5.41, 5.74) is 3.37. The van der Waals surface area contributed by atoms with Crippen molar-refractivity contribution in [3.8, 4) is 5.75 Å². The zero-order valence-electron chi connectivity index (χ0n) is 21.4. The van der Waals surface area contributed by atoms with Gasteiger partial charge in [0.1, 0.15) is 11.7 Å². The van der Waals surface area contributed by atoms with Gasteiger partial charge in [-0.2, -0.15) is 0 Å². The summed E-state index contributed by atoms with van der Waals surface area (Å²) < 4.78 is 10.8. The number of rotatable bonds is 6. The Morgan fingerprint density at radius 2 is 1.92 bits per heavy atom. The maximum atomic E-state index is 14.4. The number of carbonyl (C=O) groups is 3. The smallest absolute Gasteiger partial charge is 0.317 e. The van der Waals surface area contributed by atoms with Crippen LogP contribution in [0.1, 0.15) is 47.6 Å². The second-order valence-corrected chi connectivity index (χ2v) is 10.9. The predicted molar refractivity (Wildman–Crippen MR) is 148 cm³/mol. The van der Waals surface area contributed by atoms with Gasteiger partial charge < -0.3 is 9.47 Å². The van der Waals surface area contributed by atoms with Gasteiger partial charge in [0.2, 0.25) is 5.91 Å². The molecule has 3 unspecified atom stereocenters. The van der Waals surface area contributed by atoms with Crippen molar-refractivity contribution in [2.75, 3.05) is 18.6 Å². The van der Waals surface area contributed by atoms with E-state index in [0.29, 0.717) is 34.2 Å². The quantitative estimate of drug-likeness (QED) is 0.262. The Bertz CT molecular complexity index is 1430. The third-order valence-electron chi connectivity index (χ3n) is 7.28. The van der Waals surface area contributed by atoms with Gasteiger partial charge in [-0.05, 0) is 67.1 Å². The molecule has 0 N–H and O–H groups in total. The number of benzene rings is 2. The van der Waals surface area contributed by atoms with Crippen molar-refractivity contribution in [2.24, 2.45) is 5.92 Å². The molecule has 196 valence electrons. The monoisotopic (exact) mass is 549 g/mol. The van der Waals surface area contributed by atoms with E-state index in [9.17, 15) is 14.4 Å². The van der Waals surface area contributed by atoms with E-state index in [0.717, 1.165) is 16.0 Å². The molecule has 1 amide bonds. The first-order valence-corrected chi connectivity index (χ1v) is 13.8. The molecule has 1 aromatic heterocycles. The Morgan fingerprint density at radius 1 is 1.11 bits per heavy atom. The number of hydrogen-bond acceptors (Lipinski definition) is 6. The van der Waals surface area contributed by atoms with E-state index in [1.807, 2.05) is 60.8 Å². The molecule has 0 bridgehead atoms. The molecule has 6 nitrogen and oxygen atoms in total. The molecule has 0 fully saturated rings. The van der Waals surface area contributed by atoms with Crippen LogP contribution in [0.25, 0.3) is 0 Å². The number of allylic oxidation sites excluding steroid dienone is 2. The molecule has 0 saturated heterocycles. The molecule has 0 spiro atoms. The highest BCUT2D eigenvalue weighted by atomic mass is 35.5. The van der Waals surface area contributed by atoms with Crippen molar-refractivity contribution >= 4 is 46.3 Å². The number of nitrogens with zero attached hydrogens (tertiary/aromatic N) is 1. The zero-order valence-corrected chi connectivity index (χ0v) is 23.0. The third kappa shape index (κ3) is 4.65. The first kappa shape index (κ1) is 26.2. The summed E-state index contributed by atoms with van der Waals surface area (Å²) in [5.74, 6) is -2.29. The van der Waals surface area contributed by atoms with Crippen LogP contribution in [0.3, 0.4) is 0 Å². The van der Waals surface area contributed by atoms with Crippen LogP contribution in [-0.4, -0.2) is 31.4 Å². The van der Waals surface area contributed by atoms with E-state index in [1.165, 1.54) is 11.3 Å². The number of anilines is 1. The number of methoxy groups -OCH3 is 1. The third-order valence-corrected chi connectivity index (χ3v) is 8.69. The first-order valence-electron chi connectivity index (χ1n) is 12.5. The molecule has 2 heterocycles. The molecule has 3 aromatic rings. The molecular formula is C30H28ClNO5S. The zero-order chi connectivity index (χ0) is 27.0. The molecular weight excluding hydrogens is 522 g/mol. The average molecular weight is 550 g/mol. The lowest BCUT2D eigenvalue weighted by atomic mass is 9.69. The van der Waals surface area contributed by atoms with Crippen molar-refractivity contribution < 1.29 is 23.9 Å². The van der Waals surface area contributed by atoms with Crippen molar-refractivity contribution in [3.05, 3.63) is 92.3 Å². The molecule has 38 heavy (non-hydrogen) atoms. The lowest BCUT2D eigenvalue weighted by Crippen LogP contribution is -2.46. The number of aryl methyl sites for hydroxylation is 1. The van der Waals surface area contributed by atoms with Gasteiger partial charge in [-0.15, -0.1) is 11.3 Å². The number of hydrogen-bond donors (Lipinski definition) is 0. The fraction of sp³-hybridized carbons (Fsp3) is 0.300. The van der Waals surface area contributed by atoms with Crippen molar-refractivity contribution in [1.29, 1.82) is 0 Å². The van der Waals surface area contributed by atoms with Crippen LogP contribution >= 0.6 is 22.9 Å². The van der Waals surface area contributed by atoms with Gasteiger partial charge in [-0.1, -0.05) is 35.9 Å². The Labute approximate surface area is 230 Å². The molecule has 1 aliphatic heterocycles. The number of ether oxygens (including phenoxy) is 2. The van der Waals surface area contributed by atoms with Crippen LogP contribution in [0.5, 0.6) is 5.75 Å². The molecule has 2 aromatic carbocycles. The number of Topliss-reactive ketones (excluding diaryl/α,β-unsaturated/α-hetero) is 1. The highest BCUT2D eigenvalue weighted by Crippen LogP contribution is 2.50. The lowest BCUT2D eigenvalue weighted by molar-refractivity contribution is -0.152. The number of carbonyl (C=O) groups excluding carboxylic acids is 3. The van der Waals surface area contributed by atoms with E-state index < -0.39 is 23.7 Å². The van der Waals surface area contributed by atoms with Crippen molar-refractivity contribution in [3.63, 3.8) is 0 Å². The van der Waals surface area contributed by atoms with E-state index in [2.05, 4.69) is 0 Å². The number of thiophene rings is 1. The maximum absolute atomic E-state index is 14.4. The molecule has 3 atom stereocenters. The van der Waals surface area contributed by atoms with Gasteiger partial charge >= 0.3 is 5.97 Å². The Balaban J connectivity index is 1.73. The predicted octanol–water partition coefficient (Wildman–Crippen LogP) is 6.43. The molecule has 5 rings (SSSR count). The number of halogens is 1. The fourth-order valence-corrected chi connectivity index (χ4v) is 6.51. The Kier molecular flexibility index (Phi) is 7.41. The van der Waals surface area contributed by atoms with Gasteiger partial charge in [0.05, 0.1) is 19.4 Å². The highest BCUT2D eigenvalue weighted by Gasteiger charge is 2.50. The summed E-state index contributed by atoms with van der Waals surface area (Å²) >= 11 is 7.95. The molecule has 8 heteroatoms. The SMILES string of the molecule is CCOC(=O)C1C(=O)C2=C(CC1c1cccs1)N(c1ccc(C)c(Cl)c1)C(=O)CC2c1cccc(OC)c1. The van der Waals surface area contributed by atoms with Gasteiger partial charge in [0, 0.05) is 39.4 Å². The molecule has 2 aliphatic rings. The molecule has 1 aliphatic carbocycles. The average Bonchev–Trinajstić information content (AvgIpc) is 3.45. The van der Waals surface area contributed by atoms with Crippen LogP contribution in [0.15, 0.2) is 71.2 Å². The minimum Gasteiger partial charge on any atom is -0.497 e. The summed E-state index contributed by atoms with van der Waals surface area (Å²) in [5, 5.41) is 2.46. The van der Waals surface area contributed by atoms with Gasteiger partial charge in [0.25, 0.3) is 0 Å². The van der Waals surface area contributed by atoms with E-state index in [-0.39, 0.29) is 24.7 Å². The van der Waals surface area contributed by atoms with Gasteiger partial charge in [0.15, 0.2) is 5.78 Å². The van der Waals surface area contributed by atoms with Crippen LogP contribution in [0.2, 0.25) is 5.02 Å². The lowest BCUT2D eigenvalue weighted by Gasteiger charge is -2.42. The van der Waals surface area contributed by atoms with Crippen molar-refractivity contribution in [1.82, 2.24) is 0 Å². The summed E-state index contributed by atoms with van der Waals surface area (Å²) in [6, 6.07) is 16.7. The number of amides is 1. The standard InChI is InChI=1S/C30H28ClNO5S/c1-4-37-30(35)28-22(25-9-6-12-38-25)15-24-27(29(28)34)21(18-7-5-8-20(13-18)36-3)16-26(33)32(24)19-11-10-17(2)23(31)14-19/h5-14,21-22,28H,4,15-16H2,1-3H3. The van der Waals surface area contributed by atoms with Gasteiger partial charge in [-0.3, -0.25) is 19.3 Å². The van der Waals surface area contributed by atoms with Crippen molar-refractivity contribution in [2.45, 2.75) is 38.5 Å². The maximum Gasteiger partial charge on any atom is 0.317 e. The highest BCUT2D eigenvalue weighted by molar-refractivity contribution is 7.10. The van der Waals surface area contributed by atoms with Crippen LogP contribution < -0.4 is 9.64 Å². The summed E-state index contributed by atoms with van der Waals surface area (Å²) in [6.07, 6.45) is 0.408. The summed E-state index contributed by atoms with van der Waals surface area (Å²) in [6.45, 7) is 3.81. The Morgan fingerprint density at radius 3 is 2.61 bits per heavy atom. The minimum atomic E-state index is -0.989. The fourth-order valence-electron chi connectivity index (χ4n) is 5.47. The summed E-state index contributed by atoms with van der Waals surface area (Å²) in [7, 11) is 1.58. The normalized spacial score (nSPS) is 21.4. The van der Waals surface area contributed by atoms with Crippen LogP contribution in [-0.2, 0) is 19.1 Å².